The monoisotopic (exact) mass is 320 g/mol. The second-order valence-electron chi connectivity index (χ2n) is 3.30. The van der Waals surface area contributed by atoms with Gasteiger partial charge in [0, 0.05) is 0 Å². The number of anilines is 1. The molecule has 1 amide bonds. The number of benzene rings is 1. The largest absolute Gasteiger partial charge is 0.331 e. The van der Waals surface area contributed by atoms with Gasteiger partial charge in [-0.3, -0.25) is 0 Å². The summed E-state index contributed by atoms with van der Waals surface area (Å²) >= 11 is -5.14. The van der Waals surface area contributed by atoms with Gasteiger partial charge in [0.1, 0.15) is 0 Å². The smallest absolute Gasteiger partial charge is 0.0106 e. The molecule has 1 aromatic carbocycles. The molecule has 0 spiro atoms. The number of rotatable bonds is 2. The molecule has 7 nitrogen and oxygen atoms in total. The maximum absolute atomic E-state index is 11.1. The minimum atomic E-state index is -5.14. The van der Waals surface area contributed by atoms with Gasteiger partial charge in [0.05, 0.1) is 0 Å². The molecule has 0 fully saturated rings. The summed E-state index contributed by atoms with van der Waals surface area (Å²) in [5, 5.41) is 11.5. The second-order valence-corrected chi connectivity index (χ2v) is 6.60. The van der Waals surface area contributed by atoms with Crippen molar-refractivity contribution in [1.29, 1.82) is 0 Å². The normalized spacial score (nSPS) is 10.3. The number of hydrogen-bond acceptors (Lipinski definition) is 4. The number of hydrogen-bond donors (Lipinski definition) is 5. The van der Waals surface area contributed by atoms with Gasteiger partial charge in [-0.05, 0) is 6.54 Å². The van der Waals surface area contributed by atoms with Gasteiger partial charge < -0.3 is 5.73 Å². The minimum absolute atomic E-state index is 0.225. The number of nitrogens with two attached hydrogens (primary N) is 1. The van der Waals surface area contributed by atoms with Crippen molar-refractivity contribution in [2.24, 2.45) is 5.73 Å². The van der Waals surface area contributed by atoms with Gasteiger partial charge in [-0.25, -0.2) is 0 Å². The first-order chi connectivity index (χ1) is 8.23. The van der Waals surface area contributed by atoms with E-state index in [0.717, 1.165) is 6.54 Å². The first-order valence-electron chi connectivity index (χ1n) is 5.09. The van der Waals surface area contributed by atoms with E-state index < -0.39 is 20.1 Å². The fraction of sp³-hybridized carbons (Fsp3) is 0.300. The van der Waals surface area contributed by atoms with Crippen LogP contribution in [-0.2, 0) is 8.53 Å². The molecule has 0 saturated heterocycles. The molecule has 0 aliphatic heterocycles. The fourth-order valence-corrected chi connectivity index (χ4v) is 2.63. The van der Waals surface area contributed by atoms with E-state index in [-0.39, 0.29) is 15.8 Å². The van der Waals surface area contributed by atoms with Crippen LogP contribution in [0.5, 0.6) is 5.75 Å². The van der Waals surface area contributed by atoms with E-state index in [1.165, 1.54) is 25.1 Å². The minimum Gasteiger partial charge on any atom is -0.331 e. The standard InChI is InChI=1S/C8H10AsNO5.C2H7N/c1-5(11)10-8-6(9(13,14)15)3-2-4-7(8)12;1-2-3/h2-4,12H,1H3,(H,10,11)(H2,13,14,15);2-3H2,1H3. The van der Waals surface area contributed by atoms with Crippen molar-refractivity contribution < 1.29 is 21.8 Å². The number of para-hydroxylation sites is 1. The predicted octanol–water partition coefficient (Wildman–Crippen LogP) is -1.12. The van der Waals surface area contributed by atoms with Crippen molar-refractivity contribution in [3.63, 3.8) is 0 Å². The number of nitrogens with one attached hydrogen (secondary N) is 1. The Morgan fingerprint density at radius 1 is 1.44 bits per heavy atom. The van der Waals surface area contributed by atoms with Crippen LogP contribution in [0.2, 0.25) is 0 Å². The molecule has 0 aliphatic rings. The molecule has 6 N–H and O–H groups in total. The van der Waals surface area contributed by atoms with Gasteiger partial charge in [0.15, 0.2) is 0 Å². The van der Waals surface area contributed by atoms with Crippen LogP contribution in [0.4, 0.5) is 5.69 Å². The third kappa shape index (κ3) is 5.37. The van der Waals surface area contributed by atoms with Crippen LogP contribution in [0.25, 0.3) is 0 Å². The Balaban J connectivity index is 0.000000873. The molecule has 0 radical (unpaired) electrons. The zero-order chi connectivity index (χ0) is 14.3. The van der Waals surface area contributed by atoms with E-state index in [2.05, 4.69) is 5.32 Å². The van der Waals surface area contributed by atoms with Crippen molar-refractivity contribution in [2.45, 2.75) is 13.8 Å². The number of carbonyl (C=O) groups excluding carboxylic acids is 1. The molecule has 8 heteroatoms. The molecular weight excluding hydrogens is 303 g/mol. The fourth-order valence-electron chi connectivity index (χ4n) is 1.08. The van der Waals surface area contributed by atoms with Gasteiger partial charge >= 0.3 is 88.1 Å². The van der Waals surface area contributed by atoms with Gasteiger partial charge in [-0.1, -0.05) is 6.92 Å². The number of aromatic hydroxyl groups is 1. The SMILES string of the molecule is CC(=O)Nc1c(O)cccc1[As](=O)(O)O.CCN. The van der Waals surface area contributed by atoms with E-state index in [0.29, 0.717) is 0 Å². The van der Waals surface area contributed by atoms with Gasteiger partial charge in [-0.15, -0.1) is 0 Å². The average molecular weight is 320 g/mol. The summed E-state index contributed by atoms with van der Waals surface area (Å²) in [6.45, 7) is 3.84. The Morgan fingerprint density at radius 3 is 2.33 bits per heavy atom. The number of phenolic OH excluding ortho intramolecular Hbond substituents is 1. The summed E-state index contributed by atoms with van der Waals surface area (Å²) in [6, 6.07) is 3.71. The maximum atomic E-state index is 11.1. The molecule has 18 heavy (non-hydrogen) atoms. The third-order valence-corrected chi connectivity index (χ3v) is 3.73. The van der Waals surface area contributed by atoms with E-state index in [4.69, 9.17) is 13.9 Å². The zero-order valence-corrected chi connectivity index (χ0v) is 12.0. The number of carbonyl (C=O) groups is 1. The van der Waals surface area contributed by atoms with Crippen LogP contribution in [0.15, 0.2) is 18.2 Å². The molecule has 1 rings (SSSR count). The van der Waals surface area contributed by atoms with E-state index in [9.17, 15) is 13.6 Å². The van der Waals surface area contributed by atoms with Gasteiger partial charge in [-0.2, -0.15) is 0 Å². The summed E-state index contributed by atoms with van der Waals surface area (Å²) in [6.07, 6.45) is 0. The molecule has 0 saturated carbocycles. The Morgan fingerprint density at radius 2 is 1.94 bits per heavy atom. The predicted molar refractivity (Wildman–Crippen MR) is 67.7 cm³/mol. The van der Waals surface area contributed by atoms with Gasteiger partial charge in [0.2, 0.25) is 0 Å². The molecule has 102 valence electrons. The summed E-state index contributed by atoms with van der Waals surface area (Å²) in [5.41, 5.74) is 4.62. The van der Waals surface area contributed by atoms with E-state index >= 15 is 0 Å². The van der Waals surface area contributed by atoms with Crippen LogP contribution in [0.3, 0.4) is 0 Å². The quantitative estimate of drug-likeness (QED) is 0.346. The topological polar surface area (TPSA) is 133 Å². The number of amides is 1. The Bertz CT molecular complexity index is 458. The average Bonchev–Trinajstić information content (AvgIpc) is 2.20. The van der Waals surface area contributed by atoms with Crippen molar-refractivity contribution in [1.82, 2.24) is 0 Å². The second kappa shape index (κ2) is 7.23. The van der Waals surface area contributed by atoms with Crippen LogP contribution >= 0.6 is 0 Å². The molecule has 0 heterocycles. The van der Waals surface area contributed by atoms with Crippen LogP contribution in [0.1, 0.15) is 13.8 Å². The van der Waals surface area contributed by atoms with Crippen molar-refractivity contribution >= 4 is 30.1 Å². The summed E-state index contributed by atoms with van der Waals surface area (Å²) in [5.74, 6) is -0.880. The Kier molecular flexibility index (Phi) is 6.72. The molecule has 0 bridgehead atoms. The molecule has 1 aromatic rings. The van der Waals surface area contributed by atoms with E-state index in [1.807, 2.05) is 6.92 Å². The van der Waals surface area contributed by atoms with E-state index in [1.54, 1.807) is 0 Å². The third-order valence-electron chi connectivity index (χ3n) is 1.64. The molecular formula is C10H17AsN2O5. The van der Waals surface area contributed by atoms with Crippen molar-refractivity contribution in [3.05, 3.63) is 18.2 Å². The first-order valence-corrected chi connectivity index (χ1v) is 8.48. The van der Waals surface area contributed by atoms with Crippen molar-refractivity contribution in [3.8, 4) is 5.75 Å². The van der Waals surface area contributed by atoms with Crippen LogP contribution < -0.4 is 15.4 Å². The maximum Gasteiger partial charge on any atom is -0.0106 e. The zero-order valence-electron chi connectivity index (χ0n) is 10.1. The molecule has 0 atom stereocenters. The molecule has 0 aromatic heterocycles. The Labute approximate surface area is 108 Å². The summed E-state index contributed by atoms with van der Waals surface area (Å²) < 4.78 is 28.8. The molecule has 0 unspecified atom stereocenters. The van der Waals surface area contributed by atoms with Gasteiger partial charge in [0.25, 0.3) is 0 Å². The molecule has 0 aliphatic carbocycles. The summed E-state index contributed by atoms with van der Waals surface area (Å²) in [4.78, 5) is 10.8. The Hall–Kier alpha value is -1.27. The van der Waals surface area contributed by atoms with Crippen LogP contribution in [-0.4, -0.2) is 39.9 Å². The van der Waals surface area contributed by atoms with Crippen LogP contribution in [0, 0.1) is 0 Å². The first kappa shape index (κ1) is 16.7. The summed E-state index contributed by atoms with van der Waals surface area (Å²) in [7, 11) is 0. The number of phenols is 1. The van der Waals surface area contributed by atoms with Crippen molar-refractivity contribution in [2.75, 3.05) is 11.9 Å².